The third-order valence-electron chi connectivity index (χ3n) is 8.20. The van der Waals surface area contributed by atoms with E-state index >= 15 is 0 Å². The molecule has 2 aliphatic rings. The molecule has 2 aromatic carbocycles. The lowest BCUT2D eigenvalue weighted by Crippen LogP contribution is -2.38. The molecule has 8 heteroatoms. The monoisotopic (exact) mass is 532 g/mol. The van der Waals surface area contributed by atoms with Crippen LogP contribution in [0, 0.1) is 0 Å². The van der Waals surface area contributed by atoms with Crippen LogP contribution in [-0.4, -0.2) is 85.0 Å². The van der Waals surface area contributed by atoms with E-state index in [1.165, 1.54) is 23.6 Å². The average molecular weight is 533 g/mol. The Morgan fingerprint density at radius 1 is 0.974 bits per heavy atom. The van der Waals surface area contributed by atoms with E-state index in [1.807, 2.05) is 10.9 Å². The van der Waals surface area contributed by atoms with Crippen molar-refractivity contribution in [1.82, 2.24) is 24.9 Å². The predicted molar refractivity (Wildman–Crippen MR) is 158 cm³/mol. The van der Waals surface area contributed by atoms with Crippen LogP contribution in [-0.2, 0) is 4.79 Å². The van der Waals surface area contributed by atoms with Crippen molar-refractivity contribution in [2.24, 2.45) is 0 Å². The summed E-state index contributed by atoms with van der Waals surface area (Å²) in [5.74, 6) is 1.02. The molecule has 1 N–H and O–H groups in total. The highest BCUT2D eigenvalue weighted by Gasteiger charge is 2.29. The maximum atomic E-state index is 13.2. The first-order valence-electron chi connectivity index (χ1n) is 14.6. The van der Waals surface area contributed by atoms with Crippen LogP contribution in [0.3, 0.4) is 0 Å². The fraction of sp³-hybridized carbons (Fsp3) is 0.548. The number of methoxy groups -OCH3 is 1. The van der Waals surface area contributed by atoms with Crippen molar-refractivity contribution in [1.29, 1.82) is 0 Å². The molecule has 0 radical (unpaired) electrons. The number of amides is 1. The van der Waals surface area contributed by atoms with E-state index in [-0.39, 0.29) is 18.0 Å². The Balaban J connectivity index is 1.32. The van der Waals surface area contributed by atoms with Crippen LogP contribution >= 0.6 is 0 Å². The largest absolute Gasteiger partial charge is 0.495 e. The van der Waals surface area contributed by atoms with Gasteiger partial charge in [0.25, 0.3) is 0 Å². The van der Waals surface area contributed by atoms with Crippen molar-refractivity contribution >= 4 is 22.4 Å². The number of rotatable bonds is 10. The Hall–Kier alpha value is -3.10. The molecule has 3 heterocycles. The summed E-state index contributed by atoms with van der Waals surface area (Å²) in [5, 5.41) is 10.5. The Morgan fingerprint density at radius 2 is 1.79 bits per heavy atom. The summed E-state index contributed by atoms with van der Waals surface area (Å²) >= 11 is 0. The minimum absolute atomic E-state index is 0.0499. The number of carbonyl (C=O) groups is 1. The van der Waals surface area contributed by atoms with Crippen molar-refractivity contribution in [2.75, 3.05) is 64.4 Å². The molecule has 1 atom stereocenters. The minimum Gasteiger partial charge on any atom is -0.495 e. The SMILES string of the molecule is COc1ccc2ccccc2c1N1CCCN(C(CC(=O)NCCN2CCCC2)c2ccn(C(C)C)n2)CC1. The van der Waals surface area contributed by atoms with E-state index in [9.17, 15) is 4.79 Å². The number of aromatic nitrogens is 2. The van der Waals surface area contributed by atoms with Crippen LogP contribution in [0.4, 0.5) is 5.69 Å². The molecule has 8 nitrogen and oxygen atoms in total. The van der Waals surface area contributed by atoms with Crippen molar-refractivity contribution < 1.29 is 9.53 Å². The number of benzene rings is 2. The van der Waals surface area contributed by atoms with E-state index in [0.717, 1.165) is 69.4 Å². The van der Waals surface area contributed by atoms with Crippen LogP contribution in [0.5, 0.6) is 5.75 Å². The summed E-state index contributed by atoms with van der Waals surface area (Å²) in [6, 6.07) is 15.1. The van der Waals surface area contributed by atoms with Crippen LogP contribution in [0.25, 0.3) is 10.8 Å². The number of hydrogen-bond donors (Lipinski definition) is 1. The number of nitrogens with one attached hydrogen (secondary N) is 1. The summed E-state index contributed by atoms with van der Waals surface area (Å²) in [6.45, 7) is 11.8. The van der Waals surface area contributed by atoms with Gasteiger partial charge in [-0.3, -0.25) is 14.4 Å². The normalized spacial score (nSPS) is 18.0. The van der Waals surface area contributed by atoms with Crippen LogP contribution in [0.2, 0.25) is 0 Å². The van der Waals surface area contributed by atoms with Gasteiger partial charge in [-0.2, -0.15) is 5.10 Å². The third kappa shape index (κ3) is 6.56. The Morgan fingerprint density at radius 3 is 2.56 bits per heavy atom. The summed E-state index contributed by atoms with van der Waals surface area (Å²) in [7, 11) is 1.75. The van der Waals surface area contributed by atoms with Gasteiger partial charge >= 0.3 is 0 Å². The van der Waals surface area contributed by atoms with Gasteiger partial charge in [-0.1, -0.05) is 30.3 Å². The maximum absolute atomic E-state index is 13.2. The molecule has 1 amide bonds. The lowest BCUT2D eigenvalue weighted by Gasteiger charge is -2.30. The summed E-state index contributed by atoms with van der Waals surface area (Å²) in [6.07, 6.45) is 6.01. The number of fused-ring (bicyclic) bond motifs is 1. The molecular formula is C31H44N6O2. The second-order valence-electron chi connectivity index (χ2n) is 11.1. The highest BCUT2D eigenvalue weighted by molar-refractivity contribution is 5.97. The molecule has 2 saturated heterocycles. The lowest BCUT2D eigenvalue weighted by atomic mass is 10.1. The number of nitrogens with zero attached hydrogens (tertiary/aromatic N) is 5. The van der Waals surface area contributed by atoms with Gasteiger partial charge in [0, 0.05) is 63.3 Å². The lowest BCUT2D eigenvalue weighted by molar-refractivity contribution is -0.122. The topological polar surface area (TPSA) is 65.9 Å². The molecule has 3 aromatic rings. The molecule has 1 aromatic heterocycles. The molecule has 39 heavy (non-hydrogen) atoms. The highest BCUT2D eigenvalue weighted by atomic mass is 16.5. The zero-order chi connectivity index (χ0) is 27.2. The zero-order valence-corrected chi connectivity index (χ0v) is 23.8. The van der Waals surface area contributed by atoms with Crippen molar-refractivity contribution in [3.63, 3.8) is 0 Å². The van der Waals surface area contributed by atoms with Gasteiger partial charge in [0.15, 0.2) is 0 Å². The van der Waals surface area contributed by atoms with E-state index in [1.54, 1.807) is 7.11 Å². The van der Waals surface area contributed by atoms with Crippen LogP contribution in [0.15, 0.2) is 48.7 Å². The van der Waals surface area contributed by atoms with Crippen LogP contribution < -0.4 is 15.0 Å². The number of ether oxygens (including phenoxy) is 1. The van der Waals surface area contributed by atoms with Gasteiger partial charge in [-0.15, -0.1) is 0 Å². The molecule has 0 saturated carbocycles. The highest BCUT2D eigenvalue weighted by Crippen LogP contribution is 2.37. The number of hydrogen-bond acceptors (Lipinski definition) is 6. The second kappa shape index (κ2) is 12.8. The fourth-order valence-corrected chi connectivity index (χ4v) is 6.04. The molecule has 0 spiro atoms. The molecule has 0 bridgehead atoms. The molecular weight excluding hydrogens is 488 g/mol. The average Bonchev–Trinajstić information content (AvgIpc) is 3.60. The first-order chi connectivity index (χ1) is 19.0. The van der Waals surface area contributed by atoms with Gasteiger partial charge in [0.1, 0.15) is 5.75 Å². The molecule has 2 fully saturated rings. The number of anilines is 1. The van der Waals surface area contributed by atoms with E-state index < -0.39 is 0 Å². The minimum atomic E-state index is -0.0499. The predicted octanol–water partition coefficient (Wildman–Crippen LogP) is 4.48. The van der Waals surface area contributed by atoms with E-state index in [2.05, 4.69) is 76.3 Å². The van der Waals surface area contributed by atoms with Crippen molar-refractivity contribution in [3.05, 3.63) is 54.4 Å². The summed E-state index contributed by atoms with van der Waals surface area (Å²) < 4.78 is 7.82. The zero-order valence-electron chi connectivity index (χ0n) is 23.8. The van der Waals surface area contributed by atoms with Gasteiger partial charge < -0.3 is 19.9 Å². The van der Waals surface area contributed by atoms with Crippen LogP contribution in [0.1, 0.15) is 57.3 Å². The number of carbonyl (C=O) groups excluding carboxylic acids is 1. The van der Waals surface area contributed by atoms with Crippen molar-refractivity contribution in [3.8, 4) is 5.75 Å². The Kier molecular flexibility index (Phi) is 9.04. The van der Waals surface area contributed by atoms with E-state index in [4.69, 9.17) is 9.84 Å². The van der Waals surface area contributed by atoms with Gasteiger partial charge in [0.05, 0.1) is 24.5 Å². The summed E-state index contributed by atoms with van der Waals surface area (Å²) in [5.41, 5.74) is 2.15. The van der Waals surface area contributed by atoms with Gasteiger partial charge in [-0.05, 0) is 63.7 Å². The quantitative estimate of drug-likeness (QED) is 0.415. The first-order valence-corrected chi connectivity index (χ1v) is 14.6. The Bertz CT molecular complexity index is 1230. The fourth-order valence-electron chi connectivity index (χ4n) is 6.04. The maximum Gasteiger partial charge on any atom is 0.222 e. The molecule has 2 aliphatic heterocycles. The Labute approximate surface area is 232 Å². The standard InChI is InChI=1S/C31H44N6O2/c1-24(2)37-19-13-27(33-37)28(23-30(38)32-14-20-34-15-6-7-16-34)35-17-8-18-36(22-21-35)31-26-10-5-4-9-25(26)11-12-29(31)39-3/h4-5,9-13,19,24,28H,6-8,14-18,20-23H2,1-3H3,(H,32,38). The molecule has 5 rings (SSSR count). The van der Waals surface area contributed by atoms with E-state index in [0.29, 0.717) is 13.0 Å². The smallest absolute Gasteiger partial charge is 0.222 e. The van der Waals surface area contributed by atoms with Gasteiger partial charge in [0.2, 0.25) is 5.91 Å². The third-order valence-corrected chi connectivity index (χ3v) is 8.20. The molecule has 210 valence electrons. The summed E-state index contributed by atoms with van der Waals surface area (Å²) in [4.78, 5) is 20.5. The van der Waals surface area contributed by atoms with Crippen molar-refractivity contribution in [2.45, 2.75) is 51.6 Å². The number of likely N-dealkylation sites (tertiary alicyclic amines) is 1. The molecule has 0 aliphatic carbocycles. The van der Waals surface area contributed by atoms with Gasteiger partial charge in [-0.25, -0.2) is 0 Å². The molecule has 1 unspecified atom stereocenters. The first kappa shape index (κ1) is 27.5. The second-order valence-corrected chi connectivity index (χ2v) is 11.1.